The maximum Gasteiger partial charge on any atom is 0.366 e. The van der Waals surface area contributed by atoms with E-state index in [1.165, 1.54) is 0 Å². The number of amides is 4. The Morgan fingerprint density at radius 2 is 1.80 bits per heavy atom. The first kappa shape index (κ1) is 9.12. The lowest BCUT2D eigenvalue weighted by atomic mass is 11.1. The van der Waals surface area contributed by atoms with Crippen molar-refractivity contribution in [1.82, 2.24) is 14.8 Å². The van der Waals surface area contributed by atoms with E-state index in [9.17, 15) is 9.59 Å². The molecule has 0 aliphatic heterocycles. The highest BCUT2D eigenvalue weighted by Gasteiger charge is 2.06. The molecule has 0 saturated heterocycles. The number of rotatable bonds is 0. The summed E-state index contributed by atoms with van der Waals surface area (Å²) < 4.78 is 0.204. The van der Waals surface area contributed by atoms with Crippen LogP contribution in [0.15, 0.2) is 0 Å². The molecule has 0 spiro atoms. The first-order valence-corrected chi connectivity index (χ1v) is 2.68. The number of carbonyl (C=O) groups excluding carboxylic acids is 2. The second-order valence-electron chi connectivity index (χ2n) is 1.15. The van der Waals surface area contributed by atoms with Gasteiger partial charge in [0.2, 0.25) is 0 Å². The van der Waals surface area contributed by atoms with Crippen molar-refractivity contribution in [2.45, 2.75) is 0 Å². The molecule has 0 aromatic rings. The number of hydrogen-bond donors (Lipinski definition) is 3. The first-order valence-electron chi connectivity index (χ1n) is 2.01. The average molecular weight is 187 g/mol. The van der Waals surface area contributed by atoms with Crippen LogP contribution < -0.4 is 16.6 Å². The van der Waals surface area contributed by atoms with Crippen molar-refractivity contribution >= 4 is 35.6 Å². The highest BCUT2D eigenvalue weighted by atomic mass is 35.5. The summed E-state index contributed by atoms with van der Waals surface area (Å²) in [4.78, 5) is 20.2. The van der Waals surface area contributed by atoms with Gasteiger partial charge in [-0.25, -0.2) is 20.4 Å². The van der Waals surface area contributed by atoms with E-state index in [0.717, 1.165) is 0 Å². The zero-order chi connectivity index (χ0) is 8.15. The van der Waals surface area contributed by atoms with E-state index in [1.807, 2.05) is 0 Å². The van der Waals surface area contributed by atoms with Crippen LogP contribution in [0.25, 0.3) is 0 Å². The third-order valence-corrected chi connectivity index (χ3v) is 0.753. The van der Waals surface area contributed by atoms with Crippen molar-refractivity contribution in [3.05, 3.63) is 0 Å². The molecule has 0 atom stereocenters. The Morgan fingerprint density at radius 3 is 2.10 bits per heavy atom. The molecule has 0 unspecified atom stereocenters. The first-order chi connectivity index (χ1) is 4.54. The fraction of sp³-hybridized carbons (Fsp3) is 0. The molecule has 0 heterocycles. The van der Waals surface area contributed by atoms with Crippen LogP contribution in [0.3, 0.4) is 0 Å². The lowest BCUT2D eigenvalue weighted by Crippen LogP contribution is -2.46. The van der Waals surface area contributed by atoms with Crippen molar-refractivity contribution in [3.8, 4) is 0 Å². The predicted molar refractivity (Wildman–Crippen MR) is 34.8 cm³/mol. The van der Waals surface area contributed by atoms with Crippen molar-refractivity contribution in [2.24, 2.45) is 5.73 Å². The lowest BCUT2D eigenvalue weighted by Gasteiger charge is -2.05. The number of nitrogens with one attached hydrogen (secondary N) is 2. The van der Waals surface area contributed by atoms with Gasteiger partial charge >= 0.3 is 12.1 Å². The number of halogens is 2. The summed E-state index contributed by atoms with van der Waals surface area (Å²) >= 11 is 9.81. The molecular formula is C2H4Cl2N4O2. The molecular weight excluding hydrogens is 183 g/mol. The van der Waals surface area contributed by atoms with E-state index >= 15 is 0 Å². The minimum Gasteiger partial charge on any atom is -0.350 e. The molecule has 10 heavy (non-hydrogen) atoms. The Hall–Kier alpha value is -0.880. The van der Waals surface area contributed by atoms with Gasteiger partial charge in [0.25, 0.3) is 0 Å². The highest BCUT2D eigenvalue weighted by molar-refractivity contribution is 6.41. The smallest absolute Gasteiger partial charge is 0.350 e. The van der Waals surface area contributed by atoms with Crippen LogP contribution in [0.2, 0.25) is 0 Å². The molecule has 8 heteroatoms. The summed E-state index contributed by atoms with van der Waals surface area (Å²) in [6.45, 7) is 0. The SMILES string of the molecule is NC(=O)NNC(=O)N(Cl)Cl. The zero-order valence-corrected chi connectivity index (χ0v) is 6.11. The van der Waals surface area contributed by atoms with E-state index in [-0.39, 0.29) is 3.94 Å². The number of hydrogen-bond acceptors (Lipinski definition) is 2. The second kappa shape index (κ2) is 4.02. The van der Waals surface area contributed by atoms with Gasteiger partial charge in [0, 0.05) is 23.6 Å². The minimum atomic E-state index is -0.913. The number of nitrogens with two attached hydrogens (primary N) is 1. The van der Waals surface area contributed by atoms with Gasteiger partial charge in [-0.1, -0.05) is 0 Å². The van der Waals surface area contributed by atoms with Crippen molar-refractivity contribution in [1.29, 1.82) is 0 Å². The van der Waals surface area contributed by atoms with E-state index in [1.54, 1.807) is 10.9 Å². The Kier molecular flexibility index (Phi) is 3.67. The molecule has 0 aromatic carbocycles. The van der Waals surface area contributed by atoms with Gasteiger partial charge in [-0.05, 0) is 0 Å². The predicted octanol–water partition coefficient (Wildman–Crippen LogP) is -0.111. The van der Waals surface area contributed by atoms with Crippen LogP contribution in [-0.2, 0) is 0 Å². The van der Waals surface area contributed by atoms with Gasteiger partial charge in [-0.2, -0.15) is 0 Å². The summed E-state index contributed by atoms with van der Waals surface area (Å²) in [6.07, 6.45) is 0. The lowest BCUT2D eigenvalue weighted by molar-refractivity contribution is 0.225. The second-order valence-corrected chi connectivity index (χ2v) is 2.00. The topological polar surface area (TPSA) is 87.5 Å². The van der Waals surface area contributed by atoms with Crippen LogP contribution >= 0.6 is 23.6 Å². The molecule has 58 valence electrons. The maximum absolute atomic E-state index is 10.3. The fourth-order valence-electron chi connectivity index (χ4n) is 0.157. The van der Waals surface area contributed by atoms with Crippen LogP contribution in [0, 0.1) is 0 Å². The van der Waals surface area contributed by atoms with Crippen molar-refractivity contribution < 1.29 is 9.59 Å². The van der Waals surface area contributed by atoms with Crippen LogP contribution in [-0.4, -0.2) is 16.0 Å². The number of hydrazine groups is 1. The number of primary amides is 1. The summed E-state index contributed by atoms with van der Waals surface area (Å²) in [5, 5.41) is 0. The minimum absolute atomic E-state index is 0.204. The van der Waals surface area contributed by atoms with E-state index in [2.05, 4.69) is 5.73 Å². The molecule has 0 bridgehead atoms. The average Bonchev–Trinajstić information content (AvgIpc) is 1.82. The van der Waals surface area contributed by atoms with Gasteiger partial charge in [-0.15, -0.1) is 3.94 Å². The normalized spacial score (nSPS) is 8.20. The van der Waals surface area contributed by atoms with Crippen LogP contribution in [0.1, 0.15) is 0 Å². The monoisotopic (exact) mass is 186 g/mol. The largest absolute Gasteiger partial charge is 0.366 e. The molecule has 0 aliphatic rings. The number of carbonyl (C=O) groups is 2. The summed E-state index contributed by atoms with van der Waals surface area (Å²) in [5.41, 5.74) is 8.11. The molecule has 4 N–H and O–H groups in total. The van der Waals surface area contributed by atoms with Gasteiger partial charge in [0.05, 0.1) is 0 Å². The Bertz CT molecular complexity index is 148. The molecule has 0 aromatic heterocycles. The highest BCUT2D eigenvalue weighted by Crippen LogP contribution is 1.96. The third-order valence-electron chi connectivity index (χ3n) is 0.446. The Labute approximate surface area is 66.4 Å². The fourth-order valence-corrected chi connectivity index (χ4v) is 0.242. The number of nitrogens with zero attached hydrogens (tertiary/aromatic N) is 1. The third kappa shape index (κ3) is 4.04. The summed E-state index contributed by atoms with van der Waals surface area (Å²) in [6, 6.07) is -1.81. The van der Waals surface area contributed by atoms with Gasteiger partial charge in [0.1, 0.15) is 0 Å². The molecule has 0 radical (unpaired) electrons. The molecule has 0 rings (SSSR count). The molecule has 0 fully saturated rings. The quantitative estimate of drug-likeness (QED) is 0.365. The zero-order valence-electron chi connectivity index (χ0n) is 4.60. The Balaban J connectivity index is 3.50. The van der Waals surface area contributed by atoms with Gasteiger partial charge in [0.15, 0.2) is 0 Å². The van der Waals surface area contributed by atoms with Gasteiger partial charge < -0.3 is 5.73 Å². The molecule has 6 nitrogen and oxygen atoms in total. The van der Waals surface area contributed by atoms with E-state index in [0.29, 0.717) is 0 Å². The van der Waals surface area contributed by atoms with Crippen LogP contribution in [0.5, 0.6) is 0 Å². The molecule has 4 amide bonds. The van der Waals surface area contributed by atoms with Gasteiger partial charge in [-0.3, -0.25) is 0 Å². The molecule has 0 aliphatic carbocycles. The summed E-state index contributed by atoms with van der Waals surface area (Å²) in [5.74, 6) is 0. The van der Waals surface area contributed by atoms with E-state index in [4.69, 9.17) is 23.6 Å². The standard InChI is InChI=1S/C2H4Cl2N4O2/c3-8(4)2(10)7-6-1(5)9/h(H,7,10)(H3,5,6,9). The van der Waals surface area contributed by atoms with E-state index < -0.39 is 12.1 Å². The van der Waals surface area contributed by atoms with Crippen molar-refractivity contribution in [2.75, 3.05) is 0 Å². The summed E-state index contributed by atoms with van der Waals surface area (Å²) in [7, 11) is 0. The maximum atomic E-state index is 10.3. The van der Waals surface area contributed by atoms with Crippen LogP contribution in [0.4, 0.5) is 9.59 Å². The Morgan fingerprint density at radius 1 is 1.30 bits per heavy atom. The number of urea groups is 2. The van der Waals surface area contributed by atoms with Crippen molar-refractivity contribution in [3.63, 3.8) is 0 Å². The molecule has 0 saturated carbocycles.